The Labute approximate surface area is 228 Å². The Morgan fingerprint density at radius 3 is 2.48 bits per heavy atom. The van der Waals surface area contributed by atoms with E-state index in [9.17, 15) is 32.8 Å². The summed E-state index contributed by atoms with van der Waals surface area (Å²) in [7, 11) is 3.13. The van der Waals surface area contributed by atoms with Gasteiger partial charge in [-0.3, -0.25) is 19.2 Å². The van der Waals surface area contributed by atoms with E-state index in [1.54, 1.807) is 24.1 Å². The first kappa shape index (κ1) is 28.1. The molecule has 4 rings (SSSR count). The van der Waals surface area contributed by atoms with Crippen LogP contribution in [0, 0.1) is 11.3 Å². The molecule has 9 nitrogen and oxygen atoms in total. The smallest absolute Gasteiger partial charge is 0.348 e. The molecular formula is C28H25F3N6O3. The van der Waals surface area contributed by atoms with Gasteiger partial charge in [0.2, 0.25) is 0 Å². The molecule has 0 bridgehead atoms. The lowest BCUT2D eigenvalue weighted by Gasteiger charge is -2.41. The third-order valence-corrected chi connectivity index (χ3v) is 6.62. The summed E-state index contributed by atoms with van der Waals surface area (Å²) in [4.78, 5) is 42.2. The summed E-state index contributed by atoms with van der Waals surface area (Å²) in [5, 5.41) is 16.3. The number of amides is 3. The summed E-state index contributed by atoms with van der Waals surface area (Å²) in [5.74, 6) is -0.984. The molecule has 1 aromatic heterocycles. The molecule has 1 N–H and O–H groups in total. The van der Waals surface area contributed by atoms with Gasteiger partial charge >= 0.3 is 12.2 Å². The van der Waals surface area contributed by atoms with E-state index in [1.165, 1.54) is 56.1 Å². The summed E-state index contributed by atoms with van der Waals surface area (Å²) in [5.41, 5.74) is 0.524. The first-order chi connectivity index (χ1) is 18.8. The monoisotopic (exact) mass is 550 g/mol. The van der Waals surface area contributed by atoms with Crippen LogP contribution < -0.4 is 10.2 Å². The number of allylic oxidation sites excluding steroid dienone is 1. The molecule has 0 fully saturated rings. The third kappa shape index (κ3) is 5.31. The van der Waals surface area contributed by atoms with Crippen molar-refractivity contribution in [2.45, 2.75) is 32.6 Å². The van der Waals surface area contributed by atoms with E-state index in [0.717, 1.165) is 22.6 Å². The lowest BCUT2D eigenvalue weighted by molar-refractivity contribution is -0.137. The highest BCUT2D eigenvalue weighted by molar-refractivity contribution is 6.06. The number of aryl methyl sites for hydroxylation is 1. The molecule has 1 unspecified atom stereocenters. The van der Waals surface area contributed by atoms with E-state index < -0.39 is 35.5 Å². The zero-order chi connectivity index (χ0) is 29.4. The third-order valence-electron chi connectivity index (χ3n) is 6.62. The second kappa shape index (κ2) is 10.7. The number of alkyl halides is 3. The molecule has 40 heavy (non-hydrogen) atoms. The van der Waals surface area contributed by atoms with E-state index in [0.29, 0.717) is 0 Å². The fourth-order valence-corrected chi connectivity index (χ4v) is 4.76. The van der Waals surface area contributed by atoms with Crippen LogP contribution in [0.15, 0.2) is 66.1 Å². The number of halogens is 3. The normalized spacial score (nSPS) is 15.8. The molecule has 3 amide bonds. The maximum atomic E-state index is 13.6. The molecule has 2 heterocycles. The number of nitrogens with one attached hydrogen (secondary N) is 1. The molecule has 1 atom stereocenters. The first-order valence-electron chi connectivity index (χ1n) is 12.1. The highest BCUT2D eigenvalue weighted by atomic mass is 19.4. The van der Waals surface area contributed by atoms with Crippen molar-refractivity contribution >= 4 is 23.4 Å². The molecule has 3 aromatic rings. The number of hydrogen-bond donors (Lipinski definition) is 1. The Hall–Kier alpha value is -4.92. The van der Waals surface area contributed by atoms with Gasteiger partial charge in [-0.15, -0.1) is 0 Å². The Kier molecular flexibility index (Phi) is 7.51. The predicted molar refractivity (Wildman–Crippen MR) is 139 cm³/mol. The van der Waals surface area contributed by atoms with Crippen LogP contribution in [-0.2, 0) is 24.6 Å². The summed E-state index contributed by atoms with van der Waals surface area (Å²) in [6.07, 6.45) is -1.32. The first-order valence-corrected chi connectivity index (χ1v) is 12.1. The average Bonchev–Trinajstić information content (AvgIpc) is 3.33. The van der Waals surface area contributed by atoms with Crippen molar-refractivity contribution in [3.05, 3.63) is 93.9 Å². The molecule has 1 aliphatic heterocycles. The second-order valence-electron chi connectivity index (χ2n) is 9.35. The minimum atomic E-state index is -4.63. The van der Waals surface area contributed by atoms with Gasteiger partial charge in [-0.1, -0.05) is 12.1 Å². The van der Waals surface area contributed by atoms with Crippen molar-refractivity contribution in [2.24, 2.45) is 7.05 Å². The number of carbonyl (C=O) groups excluding carboxylic acids is 3. The minimum absolute atomic E-state index is 0.0596. The highest BCUT2D eigenvalue weighted by Gasteiger charge is 2.41. The number of nitrogens with zero attached hydrogens (tertiary/aromatic N) is 5. The van der Waals surface area contributed by atoms with Gasteiger partial charge in [0.15, 0.2) is 5.78 Å². The summed E-state index contributed by atoms with van der Waals surface area (Å²) in [6, 6.07) is 8.86. The SMILES string of the molecule is CC(=O)C1=C(C)N(c2cccc(C(F)(F)F)c2)C(=O)N(C)C1c1ccc(C#N)cc1C(=O)NCc1cnn(C)c1. The van der Waals surface area contributed by atoms with E-state index in [4.69, 9.17) is 0 Å². The Morgan fingerprint density at radius 1 is 1.15 bits per heavy atom. The number of carbonyl (C=O) groups is 3. The van der Waals surface area contributed by atoms with E-state index in [2.05, 4.69) is 10.4 Å². The maximum absolute atomic E-state index is 13.6. The van der Waals surface area contributed by atoms with Gasteiger partial charge in [0, 0.05) is 49.2 Å². The fourth-order valence-electron chi connectivity index (χ4n) is 4.76. The predicted octanol–water partition coefficient (Wildman–Crippen LogP) is 4.72. The Bertz CT molecular complexity index is 1580. The molecule has 1 aliphatic rings. The van der Waals surface area contributed by atoms with Gasteiger partial charge in [-0.05, 0) is 49.7 Å². The van der Waals surface area contributed by atoms with Crippen LogP contribution in [0.1, 0.15) is 52.5 Å². The van der Waals surface area contributed by atoms with Crippen LogP contribution in [0.2, 0.25) is 0 Å². The number of rotatable bonds is 6. The van der Waals surface area contributed by atoms with Crippen molar-refractivity contribution in [1.29, 1.82) is 5.26 Å². The van der Waals surface area contributed by atoms with Crippen molar-refractivity contribution in [3.63, 3.8) is 0 Å². The van der Waals surface area contributed by atoms with Crippen LogP contribution in [0.5, 0.6) is 0 Å². The summed E-state index contributed by atoms with van der Waals surface area (Å²) >= 11 is 0. The molecule has 0 radical (unpaired) electrons. The van der Waals surface area contributed by atoms with Crippen LogP contribution in [0.4, 0.5) is 23.7 Å². The van der Waals surface area contributed by atoms with Crippen LogP contribution in [0.3, 0.4) is 0 Å². The van der Waals surface area contributed by atoms with Gasteiger partial charge in [0.05, 0.1) is 35.1 Å². The van der Waals surface area contributed by atoms with E-state index in [1.807, 2.05) is 6.07 Å². The Morgan fingerprint density at radius 2 is 1.88 bits per heavy atom. The number of ketones is 1. The molecule has 2 aromatic carbocycles. The van der Waals surface area contributed by atoms with Gasteiger partial charge in [-0.2, -0.15) is 23.5 Å². The molecule has 0 aliphatic carbocycles. The number of benzene rings is 2. The van der Waals surface area contributed by atoms with Gasteiger partial charge < -0.3 is 10.2 Å². The van der Waals surface area contributed by atoms with Crippen molar-refractivity contribution in [1.82, 2.24) is 20.0 Å². The molecule has 0 saturated heterocycles. The number of hydrogen-bond acceptors (Lipinski definition) is 5. The van der Waals surface area contributed by atoms with Crippen molar-refractivity contribution in [3.8, 4) is 6.07 Å². The lowest BCUT2D eigenvalue weighted by Crippen LogP contribution is -2.49. The van der Waals surface area contributed by atoms with Crippen LogP contribution in [-0.4, -0.2) is 39.4 Å². The zero-order valence-corrected chi connectivity index (χ0v) is 22.1. The fraction of sp³-hybridized carbons (Fsp3) is 0.250. The lowest BCUT2D eigenvalue weighted by atomic mass is 9.87. The van der Waals surface area contributed by atoms with Gasteiger partial charge in [-0.25, -0.2) is 4.79 Å². The van der Waals surface area contributed by atoms with Gasteiger partial charge in [0.1, 0.15) is 0 Å². The molecule has 0 spiro atoms. The molecular weight excluding hydrogens is 525 g/mol. The molecule has 12 heteroatoms. The number of Topliss-reactive ketones (excluding diaryl/α,β-unsaturated/α-hetero) is 1. The summed E-state index contributed by atoms with van der Waals surface area (Å²) in [6.45, 7) is 2.90. The average molecular weight is 551 g/mol. The molecule has 0 saturated carbocycles. The number of urea groups is 1. The topological polar surface area (TPSA) is 111 Å². The number of anilines is 1. The Balaban J connectivity index is 1.82. The second-order valence-corrected chi connectivity index (χ2v) is 9.35. The van der Waals surface area contributed by atoms with Crippen LogP contribution in [0.25, 0.3) is 0 Å². The maximum Gasteiger partial charge on any atom is 0.416 e. The number of nitriles is 1. The van der Waals surface area contributed by atoms with Crippen LogP contribution >= 0.6 is 0 Å². The largest absolute Gasteiger partial charge is 0.416 e. The zero-order valence-electron chi connectivity index (χ0n) is 22.1. The van der Waals surface area contributed by atoms with Gasteiger partial charge in [0.25, 0.3) is 5.91 Å². The number of likely N-dealkylation sites (N-methyl/N-ethyl adjacent to an activating group) is 1. The quantitative estimate of drug-likeness (QED) is 0.478. The standard InChI is InChI=1S/C28H25F3N6O3/c1-16-24(17(2)38)25(36(4)27(40)37(16)21-7-5-6-20(11-21)28(29,30)31)22-9-8-18(12-32)10-23(22)26(39)33-13-19-14-34-35(3)15-19/h5-11,14-15,25H,13H2,1-4H3,(H,33,39). The van der Waals surface area contributed by atoms with E-state index >= 15 is 0 Å². The van der Waals surface area contributed by atoms with Crippen molar-refractivity contribution in [2.75, 3.05) is 11.9 Å². The number of aromatic nitrogens is 2. The molecule has 206 valence electrons. The van der Waals surface area contributed by atoms with Crippen molar-refractivity contribution < 1.29 is 27.6 Å². The minimum Gasteiger partial charge on any atom is -0.348 e. The highest BCUT2D eigenvalue weighted by Crippen LogP contribution is 2.41. The van der Waals surface area contributed by atoms with E-state index in [-0.39, 0.29) is 40.2 Å². The summed E-state index contributed by atoms with van der Waals surface area (Å²) < 4.78 is 41.8.